The van der Waals surface area contributed by atoms with Crippen molar-refractivity contribution in [3.8, 4) is 0 Å². The average Bonchev–Trinajstić information content (AvgIpc) is 2.34. The summed E-state index contributed by atoms with van der Waals surface area (Å²) in [4.78, 5) is 10.5. The summed E-state index contributed by atoms with van der Waals surface area (Å²) in [6.07, 6.45) is 0.730. The van der Waals surface area contributed by atoms with E-state index in [0.29, 0.717) is 6.61 Å². The molecule has 0 amide bonds. The number of nitrogens with one attached hydrogen (secondary N) is 1. The van der Waals surface area contributed by atoms with Crippen LogP contribution in [-0.2, 0) is 16.0 Å². The van der Waals surface area contributed by atoms with Crippen LogP contribution in [-0.4, -0.2) is 22.8 Å². The van der Waals surface area contributed by atoms with Gasteiger partial charge in [0.05, 0.1) is 12.3 Å². The maximum absolute atomic E-state index is 10.5. The van der Waals surface area contributed by atoms with E-state index in [-0.39, 0.29) is 5.97 Å². The van der Waals surface area contributed by atoms with E-state index in [1.165, 1.54) is 6.92 Å². The fourth-order valence-electron chi connectivity index (χ4n) is 1.24. The maximum Gasteiger partial charge on any atom is 0.302 e. The number of esters is 1. The number of ether oxygens (including phenoxy) is 1. The third-order valence-electron chi connectivity index (χ3n) is 1.94. The van der Waals surface area contributed by atoms with Crippen LogP contribution in [0.1, 0.15) is 23.9 Å². The van der Waals surface area contributed by atoms with E-state index in [0.717, 1.165) is 23.4 Å². The second-order valence-electron chi connectivity index (χ2n) is 3.00. The number of carbonyl (C=O) groups excluding carboxylic acids is 1. The van der Waals surface area contributed by atoms with Gasteiger partial charge in [-0.3, -0.25) is 9.89 Å². The summed E-state index contributed by atoms with van der Waals surface area (Å²) in [5, 5.41) is 6.93. The van der Waals surface area contributed by atoms with Crippen molar-refractivity contribution in [1.29, 1.82) is 0 Å². The lowest BCUT2D eigenvalue weighted by atomic mass is 10.1. The van der Waals surface area contributed by atoms with Gasteiger partial charge in [-0.1, -0.05) is 0 Å². The first-order chi connectivity index (χ1) is 6.11. The number of aromatic nitrogens is 2. The molecule has 4 heteroatoms. The summed E-state index contributed by atoms with van der Waals surface area (Å²) in [5.74, 6) is -0.237. The van der Waals surface area contributed by atoms with E-state index < -0.39 is 0 Å². The molecule has 0 fully saturated rings. The minimum Gasteiger partial charge on any atom is -0.466 e. The predicted molar refractivity (Wildman–Crippen MR) is 48.4 cm³/mol. The van der Waals surface area contributed by atoms with Crippen LogP contribution < -0.4 is 0 Å². The fraction of sp³-hybridized carbons (Fsp3) is 0.556. The highest BCUT2D eigenvalue weighted by Gasteiger charge is 2.05. The lowest BCUT2D eigenvalue weighted by molar-refractivity contribution is -0.140. The van der Waals surface area contributed by atoms with E-state index in [4.69, 9.17) is 4.74 Å². The van der Waals surface area contributed by atoms with Crippen LogP contribution in [0.5, 0.6) is 0 Å². The van der Waals surface area contributed by atoms with Gasteiger partial charge in [-0.2, -0.15) is 5.10 Å². The Morgan fingerprint density at radius 3 is 2.69 bits per heavy atom. The average molecular weight is 182 g/mol. The molecule has 0 aliphatic rings. The molecule has 0 radical (unpaired) electrons. The maximum atomic E-state index is 10.5. The number of carbonyl (C=O) groups is 1. The first-order valence-corrected chi connectivity index (χ1v) is 4.25. The number of rotatable bonds is 3. The quantitative estimate of drug-likeness (QED) is 0.713. The molecule has 0 spiro atoms. The Bertz CT molecular complexity index is 285. The number of hydrogen-bond acceptors (Lipinski definition) is 3. The molecular weight excluding hydrogens is 168 g/mol. The molecular formula is C9H14N2O2. The molecule has 0 saturated carbocycles. The van der Waals surface area contributed by atoms with Crippen molar-refractivity contribution in [1.82, 2.24) is 10.2 Å². The standard InChI is InChI=1S/C9H14N2O2/c1-6-9(7(2)11-10-6)4-5-13-8(3)12/h4-5H2,1-3H3,(H,10,11). The molecule has 0 aliphatic carbocycles. The first kappa shape index (κ1) is 9.77. The van der Waals surface area contributed by atoms with Gasteiger partial charge in [0.2, 0.25) is 0 Å². The fourth-order valence-corrected chi connectivity index (χ4v) is 1.24. The molecule has 0 aliphatic heterocycles. The van der Waals surface area contributed by atoms with Gasteiger partial charge in [0.1, 0.15) is 0 Å². The van der Waals surface area contributed by atoms with E-state index in [1.54, 1.807) is 0 Å². The lowest BCUT2D eigenvalue weighted by Gasteiger charge is -2.01. The molecule has 0 atom stereocenters. The van der Waals surface area contributed by atoms with Crippen LogP contribution in [0.4, 0.5) is 0 Å². The van der Waals surface area contributed by atoms with Gasteiger partial charge in [0, 0.05) is 19.0 Å². The molecule has 0 saturated heterocycles. The Morgan fingerprint density at radius 1 is 1.54 bits per heavy atom. The Morgan fingerprint density at radius 2 is 2.23 bits per heavy atom. The zero-order chi connectivity index (χ0) is 9.84. The third kappa shape index (κ3) is 2.57. The van der Waals surface area contributed by atoms with Gasteiger partial charge in [0.25, 0.3) is 0 Å². The number of H-pyrrole nitrogens is 1. The second-order valence-corrected chi connectivity index (χ2v) is 3.00. The molecule has 72 valence electrons. The van der Waals surface area contributed by atoms with Gasteiger partial charge in [-0.15, -0.1) is 0 Å². The van der Waals surface area contributed by atoms with Gasteiger partial charge >= 0.3 is 5.97 Å². The van der Waals surface area contributed by atoms with Gasteiger partial charge in [-0.05, 0) is 19.4 Å². The summed E-state index contributed by atoms with van der Waals surface area (Å²) in [6, 6.07) is 0. The van der Waals surface area contributed by atoms with Crippen molar-refractivity contribution in [2.24, 2.45) is 0 Å². The molecule has 13 heavy (non-hydrogen) atoms. The van der Waals surface area contributed by atoms with Crippen molar-refractivity contribution >= 4 is 5.97 Å². The second kappa shape index (κ2) is 4.07. The molecule has 1 aromatic heterocycles. The highest BCUT2D eigenvalue weighted by atomic mass is 16.5. The Labute approximate surface area is 77.3 Å². The summed E-state index contributed by atoms with van der Waals surface area (Å²) < 4.78 is 4.84. The molecule has 1 heterocycles. The normalized spacial score (nSPS) is 10.1. The van der Waals surface area contributed by atoms with Crippen molar-refractivity contribution in [3.63, 3.8) is 0 Å². The summed E-state index contributed by atoms with van der Waals surface area (Å²) >= 11 is 0. The van der Waals surface area contributed by atoms with Crippen LogP contribution in [0.3, 0.4) is 0 Å². The van der Waals surface area contributed by atoms with Crippen molar-refractivity contribution in [3.05, 3.63) is 17.0 Å². The number of aromatic amines is 1. The minimum atomic E-state index is -0.237. The predicted octanol–water partition coefficient (Wildman–Crippen LogP) is 1.13. The molecule has 0 bridgehead atoms. The number of nitrogens with zero attached hydrogens (tertiary/aromatic N) is 1. The Kier molecular flexibility index (Phi) is 3.06. The van der Waals surface area contributed by atoms with E-state index >= 15 is 0 Å². The van der Waals surface area contributed by atoms with E-state index in [1.807, 2.05) is 13.8 Å². The zero-order valence-corrected chi connectivity index (χ0v) is 8.18. The van der Waals surface area contributed by atoms with Gasteiger partial charge in [-0.25, -0.2) is 0 Å². The molecule has 0 unspecified atom stereocenters. The molecule has 0 aromatic carbocycles. The Hall–Kier alpha value is -1.32. The van der Waals surface area contributed by atoms with Crippen LogP contribution in [0, 0.1) is 13.8 Å². The van der Waals surface area contributed by atoms with Crippen LogP contribution in [0.2, 0.25) is 0 Å². The highest BCUT2D eigenvalue weighted by molar-refractivity contribution is 5.65. The van der Waals surface area contributed by atoms with Gasteiger partial charge < -0.3 is 4.74 Å². The molecule has 1 N–H and O–H groups in total. The van der Waals surface area contributed by atoms with Crippen LogP contribution in [0.25, 0.3) is 0 Å². The molecule has 4 nitrogen and oxygen atoms in total. The number of hydrogen-bond donors (Lipinski definition) is 1. The monoisotopic (exact) mass is 182 g/mol. The molecule has 1 rings (SSSR count). The topological polar surface area (TPSA) is 55.0 Å². The van der Waals surface area contributed by atoms with E-state index in [9.17, 15) is 4.79 Å². The molecule has 1 aromatic rings. The zero-order valence-electron chi connectivity index (χ0n) is 8.18. The van der Waals surface area contributed by atoms with Crippen LogP contribution >= 0.6 is 0 Å². The lowest BCUT2D eigenvalue weighted by Crippen LogP contribution is -2.04. The highest BCUT2D eigenvalue weighted by Crippen LogP contribution is 2.09. The summed E-state index contributed by atoms with van der Waals surface area (Å²) in [7, 11) is 0. The SMILES string of the molecule is CC(=O)OCCc1c(C)n[nH]c1C. The summed E-state index contributed by atoms with van der Waals surface area (Å²) in [5.41, 5.74) is 3.16. The first-order valence-electron chi connectivity index (χ1n) is 4.25. The Balaban J connectivity index is 2.49. The minimum absolute atomic E-state index is 0.237. The van der Waals surface area contributed by atoms with Crippen molar-refractivity contribution < 1.29 is 9.53 Å². The smallest absolute Gasteiger partial charge is 0.302 e. The van der Waals surface area contributed by atoms with Crippen LogP contribution in [0.15, 0.2) is 0 Å². The largest absolute Gasteiger partial charge is 0.466 e. The van der Waals surface area contributed by atoms with Gasteiger partial charge in [0.15, 0.2) is 0 Å². The van der Waals surface area contributed by atoms with Crippen molar-refractivity contribution in [2.75, 3.05) is 6.61 Å². The summed E-state index contributed by atoms with van der Waals surface area (Å²) in [6.45, 7) is 5.74. The third-order valence-corrected chi connectivity index (χ3v) is 1.94. The van der Waals surface area contributed by atoms with E-state index in [2.05, 4.69) is 10.2 Å². The van der Waals surface area contributed by atoms with Crippen molar-refractivity contribution in [2.45, 2.75) is 27.2 Å². The number of aryl methyl sites for hydroxylation is 2.